The summed E-state index contributed by atoms with van der Waals surface area (Å²) in [5.41, 5.74) is 1.41. The van der Waals surface area contributed by atoms with E-state index in [0.29, 0.717) is 5.56 Å². The summed E-state index contributed by atoms with van der Waals surface area (Å²) in [5, 5.41) is 0. The largest absolute Gasteiger partial charge is 0.460 e. The van der Waals surface area contributed by atoms with Crippen molar-refractivity contribution in [3.05, 3.63) is 29.8 Å². The highest BCUT2D eigenvalue weighted by atomic mass is 16.5. The molecule has 0 N–H and O–H groups in total. The fourth-order valence-electron chi connectivity index (χ4n) is 2.31. The molecule has 1 aliphatic rings. The average molecular weight is 261 g/mol. The Bertz CT molecular complexity index is 464. The van der Waals surface area contributed by atoms with Gasteiger partial charge in [-0.3, -0.25) is 4.79 Å². The van der Waals surface area contributed by atoms with Crippen molar-refractivity contribution in [3.8, 4) is 0 Å². The maximum absolute atomic E-state index is 11.9. The summed E-state index contributed by atoms with van der Waals surface area (Å²) in [7, 11) is 0. The second-order valence-corrected chi connectivity index (χ2v) is 4.65. The SMILES string of the molecule is CCOC(=O)C(=O)c1cccc(N2CCCCC2)c1. The Morgan fingerprint density at radius 3 is 2.63 bits per heavy atom. The molecule has 1 aliphatic heterocycles. The first-order valence-corrected chi connectivity index (χ1v) is 6.79. The summed E-state index contributed by atoms with van der Waals surface area (Å²) < 4.78 is 4.74. The summed E-state index contributed by atoms with van der Waals surface area (Å²) in [6, 6.07) is 7.24. The van der Waals surface area contributed by atoms with Crippen LogP contribution in [0, 0.1) is 0 Å². The van der Waals surface area contributed by atoms with Crippen LogP contribution in [0.3, 0.4) is 0 Å². The van der Waals surface area contributed by atoms with Gasteiger partial charge >= 0.3 is 5.97 Å². The molecule has 0 saturated carbocycles. The van der Waals surface area contributed by atoms with Crippen LogP contribution in [0.4, 0.5) is 5.69 Å². The topological polar surface area (TPSA) is 46.6 Å². The van der Waals surface area contributed by atoms with Gasteiger partial charge in [-0.25, -0.2) is 4.79 Å². The predicted molar refractivity (Wildman–Crippen MR) is 73.5 cm³/mol. The molecule has 102 valence electrons. The van der Waals surface area contributed by atoms with Crippen LogP contribution in [0.2, 0.25) is 0 Å². The molecule has 0 unspecified atom stereocenters. The van der Waals surface area contributed by atoms with Crippen molar-refractivity contribution in [2.24, 2.45) is 0 Å². The number of Topliss-reactive ketones (excluding diaryl/α,β-unsaturated/α-hetero) is 1. The Morgan fingerprint density at radius 2 is 1.95 bits per heavy atom. The first-order chi connectivity index (χ1) is 9.22. The first-order valence-electron chi connectivity index (χ1n) is 6.79. The van der Waals surface area contributed by atoms with Crippen LogP contribution < -0.4 is 4.90 Å². The van der Waals surface area contributed by atoms with Gasteiger partial charge in [-0.05, 0) is 38.3 Å². The number of rotatable bonds is 4. The zero-order valence-corrected chi connectivity index (χ0v) is 11.2. The Labute approximate surface area is 113 Å². The van der Waals surface area contributed by atoms with Gasteiger partial charge in [0.15, 0.2) is 0 Å². The molecule has 0 amide bonds. The lowest BCUT2D eigenvalue weighted by Gasteiger charge is -2.29. The zero-order valence-electron chi connectivity index (χ0n) is 11.2. The molecule has 4 heteroatoms. The third-order valence-corrected chi connectivity index (χ3v) is 3.29. The van der Waals surface area contributed by atoms with E-state index in [1.165, 1.54) is 19.3 Å². The minimum absolute atomic E-state index is 0.219. The van der Waals surface area contributed by atoms with E-state index in [-0.39, 0.29) is 6.61 Å². The molecule has 0 radical (unpaired) electrons. The highest BCUT2D eigenvalue weighted by molar-refractivity contribution is 6.40. The lowest BCUT2D eigenvalue weighted by molar-refractivity contribution is -0.137. The quantitative estimate of drug-likeness (QED) is 0.474. The third kappa shape index (κ3) is 3.34. The molecule has 4 nitrogen and oxygen atoms in total. The van der Waals surface area contributed by atoms with Crippen LogP contribution in [0.1, 0.15) is 36.5 Å². The van der Waals surface area contributed by atoms with Crippen LogP contribution in [0.25, 0.3) is 0 Å². The molecule has 0 aliphatic carbocycles. The molecule has 1 heterocycles. The molecule has 19 heavy (non-hydrogen) atoms. The standard InChI is InChI=1S/C15H19NO3/c1-2-19-15(18)14(17)12-7-6-8-13(11-12)16-9-4-3-5-10-16/h6-8,11H,2-5,9-10H2,1H3. The molecule has 1 fully saturated rings. The Hall–Kier alpha value is -1.84. The minimum atomic E-state index is -0.779. The number of esters is 1. The smallest absolute Gasteiger partial charge is 0.379 e. The van der Waals surface area contributed by atoms with E-state index in [4.69, 9.17) is 4.74 Å². The number of carbonyl (C=O) groups excluding carboxylic acids is 2. The number of hydrogen-bond acceptors (Lipinski definition) is 4. The van der Waals surface area contributed by atoms with E-state index in [0.717, 1.165) is 18.8 Å². The van der Waals surface area contributed by atoms with E-state index in [9.17, 15) is 9.59 Å². The van der Waals surface area contributed by atoms with Gasteiger partial charge < -0.3 is 9.64 Å². The van der Waals surface area contributed by atoms with Crippen molar-refractivity contribution in [2.75, 3.05) is 24.6 Å². The van der Waals surface area contributed by atoms with Gasteiger partial charge in [0, 0.05) is 24.3 Å². The van der Waals surface area contributed by atoms with Crippen LogP contribution in [-0.2, 0) is 9.53 Å². The molecular formula is C15H19NO3. The third-order valence-electron chi connectivity index (χ3n) is 3.29. The van der Waals surface area contributed by atoms with E-state index >= 15 is 0 Å². The van der Waals surface area contributed by atoms with Crippen molar-refractivity contribution in [1.29, 1.82) is 0 Å². The number of carbonyl (C=O) groups is 2. The van der Waals surface area contributed by atoms with Crippen LogP contribution >= 0.6 is 0 Å². The number of hydrogen-bond donors (Lipinski definition) is 0. The molecule has 0 aromatic heterocycles. The van der Waals surface area contributed by atoms with Gasteiger partial charge in [-0.1, -0.05) is 12.1 Å². The van der Waals surface area contributed by atoms with Crippen molar-refractivity contribution in [1.82, 2.24) is 0 Å². The second kappa shape index (κ2) is 6.36. The van der Waals surface area contributed by atoms with E-state index in [1.807, 2.05) is 12.1 Å². The highest BCUT2D eigenvalue weighted by Gasteiger charge is 2.19. The Morgan fingerprint density at radius 1 is 1.21 bits per heavy atom. The summed E-state index contributed by atoms with van der Waals surface area (Å²) in [5.74, 6) is -1.35. The number of benzene rings is 1. The maximum atomic E-state index is 11.9. The summed E-state index contributed by atoms with van der Waals surface area (Å²) in [4.78, 5) is 25.6. The Balaban J connectivity index is 2.14. The van der Waals surface area contributed by atoms with Gasteiger partial charge in [-0.15, -0.1) is 0 Å². The fraction of sp³-hybridized carbons (Fsp3) is 0.467. The van der Waals surface area contributed by atoms with Gasteiger partial charge in [0.25, 0.3) is 5.78 Å². The van der Waals surface area contributed by atoms with Crippen molar-refractivity contribution in [3.63, 3.8) is 0 Å². The first kappa shape index (κ1) is 13.6. The highest BCUT2D eigenvalue weighted by Crippen LogP contribution is 2.21. The van der Waals surface area contributed by atoms with Crippen LogP contribution in [0.5, 0.6) is 0 Å². The zero-order chi connectivity index (χ0) is 13.7. The monoisotopic (exact) mass is 261 g/mol. The summed E-state index contributed by atoms with van der Waals surface area (Å²) in [6.45, 7) is 3.93. The number of nitrogens with zero attached hydrogens (tertiary/aromatic N) is 1. The molecule has 1 saturated heterocycles. The van der Waals surface area contributed by atoms with Crippen LogP contribution in [-0.4, -0.2) is 31.4 Å². The van der Waals surface area contributed by atoms with Crippen LogP contribution in [0.15, 0.2) is 24.3 Å². The van der Waals surface area contributed by atoms with Gasteiger partial charge in [0.1, 0.15) is 0 Å². The molecule has 2 rings (SSSR count). The number of anilines is 1. The van der Waals surface area contributed by atoms with Crippen molar-refractivity contribution < 1.29 is 14.3 Å². The maximum Gasteiger partial charge on any atom is 0.379 e. The summed E-state index contributed by atoms with van der Waals surface area (Å²) in [6.07, 6.45) is 3.62. The van der Waals surface area contributed by atoms with E-state index < -0.39 is 11.8 Å². The summed E-state index contributed by atoms with van der Waals surface area (Å²) >= 11 is 0. The van der Waals surface area contributed by atoms with E-state index in [2.05, 4.69) is 4.90 Å². The van der Waals surface area contributed by atoms with E-state index in [1.54, 1.807) is 19.1 Å². The normalized spacial score (nSPS) is 15.1. The Kier molecular flexibility index (Phi) is 4.55. The number of ketones is 1. The lowest BCUT2D eigenvalue weighted by Crippen LogP contribution is -2.29. The molecule has 0 spiro atoms. The second-order valence-electron chi connectivity index (χ2n) is 4.65. The number of piperidine rings is 1. The number of ether oxygens (including phenoxy) is 1. The average Bonchev–Trinajstić information content (AvgIpc) is 2.48. The fourth-order valence-corrected chi connectivity index (χ4v) is 2.31. The van der Waals surface area contributed by atoms with Gasteiger partial charge in [-0.2, -0.15) is 0 Å². The van der Waals surface area contributed by atoms with Crippen molar-refractivity contribution in [2.45, 2.75) is 26.2 Å². The lowest BCUT2D eigenvalue weighted by atomic mass is 10.1. The molecular weight excluding hydrogens is 242 g/mol. The minimum Gasteiger partial charge on any atom is -0.460 e. The van der Waals surface area contributed by atoms with Gasteiger partial charge in [0.2, 0.25) is 0 Å². The van der Waals surface area contributed by atoms with Crippen molar-refractivity contribution >= 4 is 17.4 Å². The predicted octanol–water partition coefficient (Wildman–Crippen LogP) is 2.42. The molecule has 0 atom stereocenters. The van der Waals surface area contributed by atoms with Gasteiger partial charge in [0.05, 0.1) is 6.61 Å². The molecule has 0 bridgehead atoms. The molecule has 1 aromatic rings. The molecule has 1 aromatic carbocycles.